The molecule has 2 unspecified atom stereocenters. The van der Waals surface area contributed by atoms with Crippen LogP contribution >= 0.6 is 0 Å². The zero-order chi connectivity index (χ0) is 15.6. The molecule has 0 spiro atoms. The molecule has 0 aromatic heterocycles. The molecule has 1 aliphatic heterocycles. The second kappa shape index (κ2) is 6.13. The van der Waals surface area contributed by atoms with Crippen molar-refractivity contribution in [3.05, 3.63) is 29.3 Å². The first kappa shape index (κ1) is 15.9. The van der Waals surface area contributed by atoms with Crippen LogP contribution in [0, 0.1) is 0 Å². The molecular weight excluding hydrogens is 292 g/mol. The van der Waals surface area contributed by atoms with Crippen molar-refractivity contribution in [2.45, 2.75) is 43.7 Å². The number of aryl methyl sites for hydroxylation is 1. The first-order chi connectivity index (χ1) is 9.82. The quantitative estimate of drug-likeness (QED) is 0.859. The normalized spacial score (nSPS) is 22.2. The summed E-state index contributed by atoms with van der Waals surface area (Å²) in [6, 6.07) is 4.33. The van der Waals surface area contributed by atoms with Crippen molar-refractivity contribution in [1.82, 2.24) is 5.32 Å². The minimum atomic E-state index is -3.83. The van der Waals surface area contributed by atoms with Crippen LogP contribution in [0.4, 0.5) is 0 Å². The maximum Gasteiger partial charge on any atom is 0.251 e. The number of amides is 1. The lowest BCUT2D eigenvalue weighted by Crippen LogP contribution is -2.39. The summed E-state index contributed by atoms with van der Waals surface area (Å²) in [5.41, 5.74) is 1.13. The van der Waals surface area contributed by atoms with Gasteiger partial charge >= 0.3 is 0 Å². The summed E-state index contributed by atoms with van der Waals surface area (Å²) in [6.07, 6.45) is 1.34. The van der Waals surface area contributed by atoms with Gasteiger partial charge in [-0.25, -0.2) is 13.6 Å². The van der Waals surface area contributed by atoms with Crippen molar-refractivity contribution < 1.29 is 17.9 Å². The fourth-order valence-corrected chi connectivity index (χ4v) is 2.96. The summed E-state index contributed by atoms with van der Waals surface area (Å²) in [5.74, 6) is -0.292. The maximum atomic E-state index is 12.4. The average molecular weight is 312 g/mol. The second-order valence-electron chi connectivity index (χ2n) is 5.16. The number of rotatable bonds is 4. The Hall–Kier alpha value is -1.44. The largest absolute Gasteiger partial charge is 0.376 e. The maximum absolute atomic E-state index is 12.4. The van der Waals surface area contributed by atoms with Crippen LogP contribution in [-0.4, -0.2) is 33.1 Å². The highest BCUT2D eigenvalue weighted by molar-refractivity contribution is 7.89. The van der Waals surface area contributed by atoms with Gasteiger partial charge in [0.25, 0.3) is 5.91 Å². The van der Waals surface area contributed by atoms with Gasteiger partial charge < -0.3 is 10.1 Å². The third-order valence-corrected chi connectivity index (χ3v) is 4.64. The third-order valence-electron chi connectivity index (χ3n) is 3.73. The molecular formula is C14H20N2O4S. The van der Waals surface area contributed by atoms with Crippen LogP contribution < -0.4 is 10.5 Å². The van der Waals surface area contributed by atoms with E-state index in [1.54, 1.807) is 6.07 Å². The topological polar surface area (TPSA) is 98.5 Å². The number of sulfonamides is 1. The lowest BCUT2D eigenvalue weighted by atomic mass is 10.0. The van der Waals surface area contributed by atoms with Crippen molar-refractivity contribution in [3.8, 4) is 0 Å². The molecule has 21 heavy (non-hydrogen) atoms. The molecule has 116 valence electrons. The molecule has 1 aliphatic rings. The SMILES string of the molecule is CCc1ccc(S(N)(=O)=O)cc1C(=O)NC1CCOC1C. The van der Waals surface area contributed by atoms with Crippen LogP contribution in [-0.2, 0) is 21.2 Å². The average Bonchev–Trinajstić information content (AvgIpc) is 2.82. The summed E-state index contributed by atoms with van der Waals surface area (Å²) in [4.78, 5) is 12.3. The van der Waals surface area contributed by atoms with E-state index in [9.17, 15) is 13.2 Å². The number of primary sulfonamides is 1. The van der Waals surface area contributed by atoms with Crippen molar-refractivity contribution in [2.75, 3.05) is 6.61 Å². The lowest BCUT2D eigenvalue weighted by Gasteiger charge is -2.17. The monoisotopic (exact) mass is 312 g/mol. The highest BCUT2D eigenvalue weighted by Crippen LogP contribution is 2.18. The van der Waals surface area contributed by atoms with E-state index in [1.165, 1.54) is 12.1 Å². The molecule has 1 aromatic rings. The summed E-state index contributed by atoms with van der Waals surface area (Å²) in [7, 11) is -3.83. The molecule has 0 aliphatic carbocycles. The Morgan fingerprint density at radius 2 is 2.19 bits per heavy atom. The van der Waals surface area contributed by atoms with Gasteiger partial charge in [-0.1, -0.05) is 13.0 Å². The van der Waals surface area contributed by atoms with Crippen LogP contribution in [0.1, 0.15) is 36.2 Å². The molecule has 0 radical (unpaired) electrons. The Labute approximate surface area is 124 Å². The van der Waals surface area contributed by atoms with Crippen molar-refractivity contribution in [1.29, 1.82) is 0 Å². The molecule has 1 saturated heterocycles. The number of nitrogens with two attached hydrogens (primary N) is 1. The number of carbonyl (C=O) groups excluding carboxylic acids is 1. The van der Waals surface area contributed by atoms with Gasteiger partial charge in [-0.15, -0.1) is 0 Å². The Morgan fingerprint density at radius 3 is 2.71 bits per heavy atom. The minimum Gasteiger partial charge on any atom is -0.376 e. The highest BCUT2D eigenvalue weighted by atomic mass is 32.2. The number of ether oxygens (including phenoxy) is 1. The van der Waals surface area contributed by atoms with Gasteiger partial charge in [0.15, 0.2) is 0 Å². The summed E-state index contributed by atoms with van der Waals surface area (Å²) >= 11 is 0. The number of carbonyl (C=O) groups is 1. The number of hydrogen-bond acceptors (Lipinski definition) is 4. The van der Waals surface area contributed by atoms with E-state index in [0.717, 1.165) is 12.0 Å². The second-order valence-corrected chi connectivity index (χ2v) is 6.72. The molecule has 7 heteroatoms. The van der Waals surface area contributed by atoms with Crippen molar-refractivity contribution in [2.24, 2.45) is 5.14 Å². The Kier molecular flexibility index (Phi) is 4.65. The number of benzene rings is 1. The van der Waals surface area contributed by atoms with E-state index in [1.807, 2.05) is 13.8 Å². The molecule has 3 N–H and O–H groups in total. The first-order valence-corrected chi connectivity index (χ1v) is 8.45. The summed E-state index contributed by atoms with van der Waals surface area (Å²) in [6.45, 7) is 4.42. The van der Waals surface area contributed by atoms with Crippen LogP contribution in [0.5, 0.6) is 0 Å². The van der Waals surface area contributed by atoms with E-state index in [0.29, 0.717) is 18.6 Å². The van der Waals surface area contributed by atoms with Crippen LogP contribution in [0.25, 0.3) is 0 Å². The van der Waals surface area contributed by atoms with Crippen LogP contribution in [0.3, 0.4) is 0 Å². The minimum absolute atomic E-state index is 0.0412. The number of nitrogens with one attached hydrogen (secondary N) is 1. The smallest absolute Gasteiger partial charge is 0.251 e. The first-order valence-electron chi connectivity index (χ1n) is 6.91. The zero-order valence-corrected chi connectivity index (χ0v) is 12.9. The van der Waals surface area contributed by atoms with Gasteiger partial charge in [-0.2, -0.15) is 0 Å². The highest BCUT2D eigenvalue weighted by Gasteiger charge is 2.27. The molecule has 6 nitrogen and oxygen atoms in total. The summed E-state index contributed by atoms with van der Waals surface area (Å²) < 4.78 is 28.3. The van der Waals surface area contributed by atoms with Gasteiger partial charge in [0, 0.05) is 12.2 Å². The standard InChI is InChI=1S/C14H20N2O4S/c1-3-10-4-5-11(21(15,18)19)8-12(10)14(17)16-13-6-7-20-9(13)2/h4-5,8-9,13H,3,6-7H2,1-2H3,(H,16,17)(H2,15,18,19). The Balaban J connectivity index is 2.30. The molecule has 1 heterocycles. The van der Waals surface area contributed by atoms with E-state index >= 15 is 0 Å². The van der Waals surface area contributed by atoms with Gasteiger partial charge in [-0.05, 0) is 37.5 Å². The van der Waals surface area contributed by atoms with E-state index in [4.69, 9.17) is 9.88 Å². The van der Waals surface area contributed by atoms with E-state index in [-0.39, 0.29) is 22.9 Å². The predicted molar refractivity (Wildman–Crippen MR) is 78.5 cm³/mol. The Bertz CT molecular complexity index is 642. The van der Waals surface area contributed by atoms with Gasteiger partial charge in [0.2, 0.25) is 10.0 Å². The van der Waals surface area contributed by atoms with Gasteiger partial charge in [-0.3, -0.25) is 4.79 Å². The third kappa shape index (κ3) is 3.61. The molecule has 2 rings (SSSR count). The molecule has 1 aromatic carbocycles. The lowest BCUT2D eigenvalue weighted by molar-refractivity contribution is 0.0865. The fraction of sp³-hybridized carbons (Fsp3) is 0.500. The van der Waals surface area contributed by atoms with Crippen molar-refractivity contribution >= 4 is 15.9 Å². The van der Waals surface area contributed by atoms with Crippen LogP contribution in [0.2, 0.25) is 0 Å². The predicted octanol–water partition coefficient (Wildman–Crippen LogP) is 0.804. The zero-order valence-electron chi connectivity index (χ0n) is 12.1. The molecule has 0 saturated carbocycles. The fourth-order valence-electron chi connectivity index (χ4n) is 2.42. The Morgan fingerprint density at radius 1 is 1.48 bits per heavy atom. The summed E-state index contributed by atoms with van der Waals surface area (Å²) in [5, 5.41) is 8.02. The molecule has 2 atom stereocenters. The molecule has 0 bridgehead atoms. The van der Waals surface area contributed by atoms with Gasteiger partial charge in [0.05, 0.1) is 17.0 Å². The van der Waals surface area contributed by atoms with E-state index in [2.05, 4.69) is 5.32 Å². The molecule has 1 fully saturated rings. The number of hydrogen-bond donors (Lipinski definition) is 2. The molecule has 1 amide bonds. The van der Waals surface area contributed by atoms with Gasteiger partial charge in [0.1, 0.15) is 0 Å². The van der Waals surface area contributed by atoms with Crippen molar-refractivity contribution in [3.63, 3.8) is 0 Å². The van der Waals surface area contributed by atoms with Crippen LogP contribution in [0.15, 0.2) is 23.1 Å². The van der Waals surface area contributed by atoms with E-state index < -0.39 is 10.0 Å².